The largest absolute Gasteiger partial charge is 0.377 e. The molecule has 0 spiro atoms. The first-order valence-electron chi connectivity index (χ1n) is 7.69. The molecule has 0 saturated heterocycles. The molecule has 1 aliphatic carbocycles. The SMILES string of the molecule is CC(Nc1ccc(NC(=O)C2(N)CC2)cc1Cl)c1ccccc1.Cl. The van der Waals surface area contributed by atoms with Gasteiger partial charge in [-0.15, -0.1) is 12.4 Å². The van der Waals surface area contributed by atoms with Gasteiger partial charge in [-0.25, -0.2) is 0 Å². The van der Waals surface area contributed by atoms with Gasteiger partial charge in [-0.3, -0.25) is 4.79 Å². The molecule has 0 aromatic heterocycles. The molecule has 1 amide bonds. The van der Waals surface area contributed by atoms with Crippen LogP contribution >= 0.6 is 24.0 Å². The Hall–Kier alpha value is -1.75. The van der Waals surface area contributed by atoms with E-state index in [1.165, 1.54) is 5.56 Å². The molecule has 0 heterocycles. The van der Waals surface area contributed by atoms with Gasteiger partial charge >= 0.3 is 0 Å². The first kappa shape index (κ1) is 18.6. The minimum absolute atomic E-state index is 0. The van der Waals surface area contributed by atoms with Gasteiger partial charge in [0, 0.05) is 11.7 Å². The number of nitrogens with one attached hydrogen (secondary N) is 2. The van der Waals surface area contributed by atoms with Crippen molar-refractivity contribution in [1.29, 1.82) is 0 Å². The average molecular weight is 366 g/mol. The number of anilines is 2. The molecule has 0 bridgehead atoms. The van der Waals surface area contributed by atoms with Gasteiger partial charge in [0.15, 0.2) is 0 Å². The van der Waals surface area contributed by atoms with Gasteiger partial charge in [-0.1, -0.05) is 41.9 Å². The molecule has 1 fully saturated rings. The third-order valence-electron chi connectivity index (χ3n) is 4.14. The molecule has 1 atom stereocenters. The van der Waals surface area contributed by atoms with Crippen LogP contribution in [0.3, 0.4) is 0 Å². The van der Waals surface area contributed by atoms with Crippen LogP contribution in [0.15, 0.2) is 48.5 Å². The molecule has 1 aliphatic rings. The Balaban J connectivity index is 0.00000208. The van der Waals surface area contributed by atoms with Crippen LogP contribution in [0.5, 0.6) is 0 Å². The van der Waals surface area contributed by atoms with Crippen molar-refractivity contribution in [1.82, 2.24) is 0 Å². The minimum atomic E-state index is -0.689. The molecule has 0 aliphatic heterocycles. The molecule has 2 aromatic carbocycles. The van der Waals surface area contributed by atoms with Gasteiger partial charge in [-0.05, 0) is 43.5 Å². The van der Waals surface area contributed by atoms with Crippen molar-refractivity contribution in [2.75, 3.05) is 10.6 Å². The Kier molecular flexibility index (Phi) is 5.75. The van der Waals surface area contributed by atoms with Crippen molar-refractivity contribution < 1.29 is 4.79 Å². The summed E-state index contributed by atoms with van der Waals surface area (Å²) in [4.78, 5) is 12.0. The Morgan fingerprint density at radius 2 is 1.88 bits per heavy atom. The van der Waals surface area contributed by atoms with E-state index in [1.807, 2.05) is 30.3 Å². The van der Waals surface area contributed by atoms with Crippen LogP contribution in [0.25, 0.3) is 0 Å². The van der Waals surface area contributed by atoms with E-state index in [0.29, 0.717) is 10.7 Å². The zero-order valence-electron chi connectivity index (χ0n) is 13.4. The molecule has 128 valence electrons. The van der Waals surface area contributed by atoms with E-state index in [-0.39, 0.29) is 24.4 Å². The van der Waals surface area contributed by atoms with Gasteiger partial charge in [0.2, 0.25) is 5.91 Å². The highest BCUT2D eigenvalue weighted by molar-refractivity contribution is 6.33. The molecule has 1 saturated carbocycles. The van der Waals surface area contributed by atoms with Crippen LogP contribution in [-0.4, -0.2) is 11.4 Å². The number of amides is 1. The van der Waals surface area contributed by atoms with Crippen LogP contribution in [-0.2, 0) is 4.79 Å². The summed E-state index contributed by atoms with van der Waals surface area (Å²) in [6.07, 6.45) is 1.47. The van der Waals surface area contributed by atoms with Crippen LogP contribution < -0.4 is 16.4 Å². The monoisotopic (exact) mass is 365 g/mol. The van der Waals surface area contributed by atoms with Gasteiger partial charge in [-0.2, -0.15) is 0 Å². The average Bonchev–Trinajstić information content (AvgIpc) is 3.30. The zero-order chi connectivity index (χ0) is 16.4. The van der Waals surface area contributed by atoms with Crippen molar-refractivity contribution >= 4 is 41.3 Å². The first-order chi connectivity index (χ1) is 11.0. The minimum Gasteiger partial charge on any atom is -0.377 e. The van der Waals surface area contributed by atoms with Gasteiger partial charge in [0.05, 0.1) is 16.2 Å². The molecule has 1 unspecified atom stereocenters. The number of carbonyl (C=O) groups is 1. The fourth-order valence-corrected chi connectivity index (χ4v) is 2.62. The summed E-state index contributed by atoms with van der Waals surface area (Å²) in [7, 11) is 0. The molecular weight excluding hydrogens is 345 g/mol. The quantitative estimate of drug-likeness (QED) is 0.736. The summed E-state index contributed by atoms with van der Waals surface area (Å²) in [5.41, 5.74) is 7.86. The zero-order valence-corrected chi connectivity index (χ0v) is 15.0. The second-order valence-corrected chi connectivity index (χ2v) is 6.49. The lowest BCUT2D eigenvalue weighted by Gasteiger charge is -2.18. The fourth-order valence-electron chi connectivity index (χ4n) is 2.39. The third-order valence-corrected chi connectivity index (χ3v) is 4.45. The van der Waals surface area contributed by atoms with E-state index in [1.54, 1.807) is 6.07 Å². The Morgan fingerprint density at radius 3 is 2.46 bits per heavy atom. The number of hydrogen-bond donors (Lipinski definition) is 3. The summed E-state index contributed by atoms with van der Waals surface area (Å²) in [5, 5.41) is 6.76. The topological polar surface area (TPSA) is 67.1 Å². The van der Waals surface area contributed by atoms with Crippen molar-refractivity contribution in [3.05, 3.63) is 59.1 Å². The van der Waals surface area contributed by atoms with Crippen LogP contribution in [0, 0.1) is 0 Å². The molecule has 0 radical (unpaired) electrons. The van der Waals surface area contributed by atoms with Gasteiger partial charge < -0.3 is 16.4 Å². The summed E-state index contributed by atoms with van der Waals surface area (Å²) < 4.78 is 0. The van der Waals surface area contributed by atoms with Crippen molar-refractivity contribution in [2.24, 2.45) is 5.73 Å². The second-order valence-electron chi connectivity index (χ2n) is 6.08. The number of rotatable bonds is 5. The second kappa shape index (κ2) is 7.43. The maximum Gasteiger partial charge on any atom is 0.244 e. The standard InChI is InChI=1S/C18H20ClN3O.ClH/c1-12(13-5-3-2-4-6-13)21-16-8-7-14(11-15(16)19)22-17(23)18(20)9-10-18;/h2-8,11-12,21H,9-10,20H2,1H3,(H,22,23);1H. The first-order valence-corrected chi connectivity index (χ1v) is 8.07. The lowest BCUT2D eigenvalue weighted by molar-refractivity contribution is -0.118. The highest BCUT2D eigenvalue weighted by Gasteiger charge is 2.45. The number of carbonyl (C=O) groups excluding carboxylic acids is 1. The highest BCUT2D eigenvalue weighted by atomic mass is 35.5. The van der Waals surface area contributed by atoms with E-state index in [4.69, 9.17) is 17.3 Å². The van der Waals surface area contributed by atoms with E-state index in [0.717, 1.165) is 18.5 Å². The van der Waals surface area contributed by atoms with E-state index in [9.17, 15) is 4.79 Å². The molecular formula is C18H21Cl2N3O. The molecule has 6 heteroatoms. The van der Waals surface area contributed by atoms with Crippen molar-refractivity contribution in [2.45, 2.75) is 31.3 Å². The summed E-state index contributed by atoms with van der Waals surface area (Å²) in [6.45, 7) is 2.08. The van der Waals surface area contributed by atoms with Crippen LogP contribution in [0.1, 0.15) is 31.4 Å². The predicted molar refractivity (Wildman–Crippen MR) is 102 cm³/mol. The molecule has 4 N–H and O–H groups in total. The van der Waals surface area contributed by atoms with Gasteiger partial charge in [0.25, 0.3) is 0 Å². The lowest BCUT2D eigenvalue weighted by Crippen LogP contribution is -2.37. The molecule has 2 aromatic rings. The number of benzene rings is 2. The van der Waals surface area contributed by atoms with Crippen LogP contribution in [0.4, 0.5) is 11.4 Å². The van der Waals surface area contributed by atoms with E-state index < -0.39 is 5.54 Å². The Morgan fingerprint density at radius 1 is 1.21 bits per heavy atom. The summed E-state index contributed by atoms with van der Waals surface area (Å²) >= 11 is 6.33. The molecule has 3 rings (SSSR count). The Labute approximate surface area is 153 Å². The number of nitrogens with two attached hydrogens (primary N) is 1. The van der Waals surface area contributed by atoms with Gasteiger partial charge in [0.1, 0.15) is 0 Å². The lowest BCUT2D eigenvalue weighted by atomic mass is 10.1. The molecule has 4 nitrogen and oxygen atoms in total. The normalized spacial score (nSPS) is 15.8. The maximum atomic E-state index is 12.0. The predicted octanol–water partition coefficient (Wildman–Crippen LogP) is 4.36. The smallest absolute Gasteiger partial charge is 0.244 e. The number of halogens is 2. The Bertz CT molecular complexity index is 717. The molecule has 24 heavy (non-hydrogen) atoms. The van der Waals surface area contributed by atoms with E-state index >= 15 is 0 Å². The van der Waals surface area contributed by atoms with E-state index in [2.05, 4.69) is 29.7 Å². The van der Waals surface area contributed by atoms with Crippen LogP contribution in [0.2, 0.25) is 5.02 Å². The van der Waals surface area contributed by atoms with Crippen molar-refractivity contribution in [3.8, 4) is 0 Å². The maximum absolute atomic E-state index is 12.0. The third kappa shape index (κ3) is 4.20. The summed E-state index contributed by atoms with van der Waals surface area (Å²) in [5.74, 6) is -0.146. The number of hydrogen-bond acceptors (Lipinski definition) is 3. The van der Waals surface area contributed by atoms with Crippen molar-refractivity contribution in [3.63, 3.8) is 0 Å². The highest BCUT2D eigenvalue weighted by Crippen LogP contribution is 2.34. The fraction of sp³-hybridized carbons (Fsp3) is 0.278. The summed E-state index contributed by atoms with van der Waals surface area (Å²) in [6, 6.07) is 15.7.